The SMILES string of the molecule is CCOC(=O)c1csc(CN(C(=O)Cc2ccc(OC)cc2)C(C)C)n1. The largest absolute Gasteiger partial charge is 0.497 e. The standard InChI is InChI=1S/C19H24N2O4S/c1-5-25-19(23)16-12-26-17(20-16)11-21(13(2)3)18(22)10-14-6-8-15(24-4)9-7-14/h6-9,12-13H,5,10-11H2,1-4H3. The molecule has 6 nitrogen and oxygen atoms in total. The van der Waals surface area contributed by atoms with Crippen molar-refractivity contribution in [3.8, 4) is 5.75 Å². The van der Waals surface area contributed by atoms with Crippen LogP contribution in [-0.2, 0) is 22.5 Å². The lowest BCUT2D eigenvalue weighted by atomic mass is 10.1. The van der Waals surface area contributed by atoms with Crippen molar-refractivity contribution in [2.75, 3.05) is 13.7 Å². The molecule has 0 bridgehead atoms. The Morgan fingerprint density at radius 1 is 1.23 bits per heavy atom. The average Bonchev–Trinajstić information content (AvgIpc) is 3.09. The fraction of sp³-hybridized carbons (Fsp3) is 0.421. The Morgan fingerprint density at radius 2 is 1.92 bits per heavy atom. The van der Waals surface area contributed by atoms with Crippen molar-refractivity contribution in [3.05, 3.63) is 45.9 Å². The molecule has 1 heterocycles. The number of carbonyl (C=O) groups excluding carboxylic acids is 2. The first-order valence-corrected chi connectivity index (χ1v) is 9.36. The lowest BCUT2D eigenvalue weighted by Crippen LogP contribution is -2.37. The number of carbonyl (C=O) groups is 2. The van der Waals surface area contributed by atoms with Gasteiger partial charge in [0.2, 0.25) is 5.91 Å². The summed E-state index contributed by atoms with van der Waals surface area (Å²) < 4.78 is 10.1. The number of aromatic nitrogens is 1. The van der Waals surface area contributed by atoms with Gasteiger partial charge in [0.25, 0.3) is 0 Å². The van der Waals surface area contributed by atoms with Crippen molar-refractivity contribution in [1.82, 2.24) is 9.88 Å². The van der Waals surface area contributed by atoms with Gasteiger partial charge in [-0.15, -0.1) is 11.3 Å². The van der Waals surface area contributed by atoms with E-state index in [1.54, 1.807) is 24.3 Å². The van der Waals surface area contributed by atoms with Crippen LogP contribution >= 0.6 is 11.3 Å². The summed E-state index contributed by atoms with van der Waals surface area (Å²) in [5, 5.41) is 2.38. The van der Waals surface area contributed by atoms with Crippen LogP contribution in [0.25, 0.3) is 0 Å². The molecule has 0 unspecified atom stereocenters. The molecule has 7 heteroatoms. The summed E-state index contributed by atoms with van der Waals surface area (Å²) in [4.78, 5) is 30.5. The quantitative estimate of drug-likeness (QED) is 0.661. The maximum absolute atomic E-state index is 12.7. The van der Waals surface area contributed by atoms with Crippen molar-refractivity contribution in [2.45, 2.75) is 39.8 Å². The number of esters is 1. The van der Waals surface area contributed by atoms with Gasteiger partial charge < -0.3 is 14.4 Å². The number of amides is 1. The molecule has 2 aromatic rings. The maximum Gasteiger partial charge on any atom is 0.357 e. The van der Waals surface area contributed by atoms with E-state index in [4.69, 9.17) is 9.47 Å². The zero-order valence-electron chi connectivity index (χ0n) is 15.5. The summed E-state index contributed by atoms with van der Waals surface area (Å²) in [5.41, 5.74) is 1.21. The van der Waals surface area contributed by atoms with Crippen molar-refractivity contribution in [1.29, 1.82) is 0 Å². The number of ether oxygens (including phenoxy) is 2. The molecule has 0 fully saturated rings. The second-order valence-corrected chi connectivity index (χ2v) is 6.93. The predicted molar refractivity (Wildman–Crippen MR) is 100 cm³/mol. The highest BCUT2D eigenvalue weighted by atomic mass is 32.1. The van der Waals surface area contributed by atoms with Gasteiger partial charge in [0, 0.05) is 11.4 Å². The number of hydrogen-bond donors (Lipinski definition) is 0. The molecule has 0 aliphatic rings. The molecular formula is C19H24N2O4S. The van der Waals surface area contributed by atoms with E-state index in [9.17, 15) is 9.59 Å². The third kappa shape index (κ3) is 5.29. The van der Waals surface area contributed by atoms with Crippen LogP contribution < -0.4 is 4.74 Å². The van der Waals surface area contributed by atoms with Crippen molar-refractivity contribution in [3.63, 3.8) is 0 Å². The number of rotatable bonds is 8. The monoisotopic (exact) mass is 376 g/mol. The topological polar surface area (TPSA) is 68.7 Å². The van der Waals surface area contributed by atoms with E-state index < -0.39 is 5.97 Å². The second-order valence-electron chi connectivity index (χ2n) is 5.99. The zero-order chi connectivity index (χ0) is 19.1. The molecule has 0 saturated heterocycles. The van der Waals surface area contributed by atoms with E-state index >= 15 is 0 Å². The van der Waals surface area contributed by atoms with Crippen LogP contribution in [0, 0.1) is 0 Å². The Morgan fingerprint density at radius 3 is 2.50 bits per heavy atom. The molecule has 0 spiro atoms. The molecule has 1 aromatic heterocycles. The van der Waals surface area contributed by atoms with Crippen molar-refractivity contribution < 1.29 is 19.1 Å². The van der Waals surface area contributed by atoms with Crippen LogP contribution in [-0.4, -0.2) is 41.5 Å². The number of thiazole rings is 1. The molecule has 140 valence electrons. The summed E-state index contributed by atoms with van der Waals surface area (Å²) in [5.74, 6) is 0.338. The molecule has 0 N–H and O–H groups in total. The lowest BCUT2D eigenvalue weighted by Gasteiger charge is -2.26. The molecule has 1 aromatic carbocycles. The highest BCUT2D eigenvalue weighted by Gasteiger charge is 2.20. The van der Waals surface area contributed by atoms with Gasteiger partial charge >= 0.3 is 5.97 Å². The summed E-state index contributed by atoms with van der Waals surface area (Å²) in [6, 6.07) is 7.48. The minimum Gasteiger partial charge on any atom is -0.497 e. The minimum absolute atomic E-state index is 0.0121. The molecule has 0 saturated carbocycles. The van der Waals surface area contributed by atoms with Crippen LogP contribution in [0.3, 0.4) is 0 Å². The van der Waals surface area contributed by atoms with Gasteiger partial charge in [-0.2, -0.15) is 0 Å². The number of benzene rings is 1. The summed E-state index contributed by atoms with van der Waals surface area (Å²) in [7, 11) is 1.61. The van der Waals surface area contributed by atoms with Gasteiger partial charge in [0.1, 0.15) is 10.8 Å². The molecule has 0 aliphatic heterocycles. The normalized spacial score (nSPS) is 10.7. The first-order chi connectivity index (χ1) is 12.4. The highest BCUT2D eigenvalue weighted by molar-refractivity contribution is 7.09. The van der Waals surface area contributed by atoms with E-state index in [2.05, 4.69) is 4.98 Å². The van der Waals surface area contributed by atoms with E-state index in [0.717, 1.165) is 11.3 Å². The Hall–Kier alpha value is -2.41. The molecular weight excluding hydrogens is 352 g/mol. The smallest absolute Gasteiger partial charge is 0.357 e. The van der Waals surface area contributed by atoms with Crippen LogP contribution in [0.5, 0.6) is 5.75 Å². The van der Waals surface area contributed by atoms with Gasteiger partial charge in [0.15, 0.2) is 5.69 Å². The van der Waals surface area contributed by atoms with Gasteiger partial charge in [-0.25, -0.2) is 9.78 Å². The van der Waals surface area contributed by atoms with E-state index in [-0.39, 0.29) is 17.6 Å². The summed E-state index contributed by atoms with van der Waals surface area (Å²) >= 11 is 1.36. The van der Waals surface area contributed by atoms with Gasteiger partial charge in [0.05, 0.1) is 26.7 Å². The van der Waals surface area contributed by atoms with Crippen LogP contribution in [0.4, 0.5) is 0 Å². The van der Waals surface area contributed by atoms with E-state index in [0.29, 0.717) is 24.6 Å². The third-order valence-corrected chi connectivity index (χ3v) is 4.63. The Labute approximate surface area is 157 Å². The molecule has 0 aliphatic carbocycles. The second kappa shape index (κ2) is 9.33. The lowest BCUT2D eigenvalue weighted by molar-refractivity contribution is -0.132. The van der Waals surface area contributed by atoms with Crippen LogP contribution in [0.1, 0.15) is 41.8 Å². The fourth-order valence-electron chi connectivity index (χ4n) is 2.41. The van der Waals surface area contributed by atoms with Crippen molar-refractivity contribution >= 4 is 23.2 Å². The van der Waals surface area contributed by atoms with E-state index in [1.807, 2.05) is 38.1 Å². The van der Waals surface area contributed by atoms with E-state index in [1.165, 1.54) is 11.3 Å². The van der Waals surface area contributed by atoms with Crippen molar-refractivity contribution in [2.24, 2.45) is 0 Å². The van der Waals surface area contributed by atoms with Crippen LogP contribution in [0.2, 0.25) is 0 Å². The molecule has 0 atom stereocenters. The third-order valence-electron chi connectivity index (χ3n) is 3.80. The average molecular weight is 376 g/mol. The Kier molecular flexibility index (Phi) is 7.15. The molecule has 0 radical (unpaired) electrons. The first kappa shape index (κ1) is 19.9. The fourth-order valence-corrected chi connectivity index (χ4v) is 3.17. The predicted octanol–water partition coefficient (Wildman–Crippen LogP) is 3.31. The number of methoxy groups -OCH3 is 1. The van der Waals surface area contributed by atoms with Gasteiger partial charge in [-0.05, 0) is 38.5 Å². The summed E-state index contributed by atoms with van der Waals surface area (Å²) in [6.07, 6.45) is 0.304. The highest BCUT2D eigenvalue weighted by Crippen LogP contribution is 2.17. The minimum atomic E-state index is -0.435. The number of nitrogens with zero attached hydrogens (tertiary/aromatic N) is 2. The zero-order valence-corrected chi connectivity index (χ0v) is 16.3. The van der Waals surface area contributed by atoms with Crippen LogP contribution in [0.15, 0.2) is 29.6 Å². The molecule has 1 amide bonds. The molecule has 26 heavy (non-hydrogen) atoms. The maximum atomic E-state index is 12.7. The first-order valence-electron chi connectivity index (χ1n) is 8.48. The Balaban J connectivity index is 2.05. The molecule has 2 rings (SSSR count). The van der Waals surface area contributed by atoms with Gasteiger partial charge in [-0.1, -0.05) is 12.1 Å². The summed E-state index contributed by atoms with van der Waals surface area (Å²) in [6.45, 7) is 6.36. The van der Waals surface area contributed by atoms with Gasteiger partial charge in [-0.3, -0.25) is 4.79 Å². The number of hydrogen-bond acceptors (Lipinski definition) is 6. The Bertz CT molecular complexity index is 740.